The summed E-state index contributed by atoms with van der Waals surface area (Å²) in [6.45, 7) is 0. The first kappa shape index (κ1) is 13.0. The monoisotopic (exact) mass is 276 g/mol. The molecule has 0 saturated carbocycles. The maximum atomic E-state index is 8.87. The van der Waals surface area contributed by atoms with Gasteiger partial charge >= 0.3 is 0 Å². The second-order valence-electron chi connectivity index (χ2n) is 4.55. The fourth-order valence-corrected chi connectivity index (χ4v) is 2.09. The van der Waals surface area contributed by atoms with E-state index < -0.39 is 0 Å². The highest BCUT2D eigenvalue weighted by molar-refractivity contribution is 5.59. The molecule has 0 radical (unpaired) electrons. The van der Waals surface area contributed by atoms with Gasteiger partial charge in [-0.2, -0.15) is 10.2 Å². The Labute approximate surface area is 121 Å². The van der Waals surface area contributed by atoms with Crippen molar-refractivity contribution in [3.63, 3.8) is 0 Å². The molecule has 0 unspecified atom stereocenters. The summed E-state index contributed by atoms with van der Waals surface area (Å²) in [6, 6.07) is 13.5. The molecule has 2 heterocycles. The van der Waals surface area contributed by atoms with Crippen molar-refractivity contribution in [2.75, 3.05) is 0 Å². The third kappa shape index (κ3) is 2.95. The number of benzene rings is 1. The molecule has 102 valence electrons. The SMILES string of the molecule is N#CCc1ccccc1-c1nc(Cc2cccnc2)no1. The third-order valence-electron chi connectivity index (χ3n) is 3.07. The van der Waals surface area contributed by atoms with Gasteiger partial charge in [0.15, 0.2) is 5.82 Å². The summed E-state index contributed by atoms with van der Waals surface area (Å²) in [5.41, 5.74) is 2.72. The molecule has 21 heavy (non-hydrogen) atoms. The van der Waals surface area contributed by atoms with Gasteiger partial charge in [0.1, 0.15) is 0 Å². The van der Waals surface area contributed by atoms with Gasteiger partial charge in [0.25, 0.3) is 5.89 Å². The van der Waals surface area contributed by atoms with Crippen LogP contribution in [0.4, 0.5) is 0 Å². The summed E-state index contributed by atoms with van der Waals surface area (Å²) < 4.78 is 5.32. The molecule has 5 heteroatoms. The Balaban J connectivity index is 1.87. The Kier molecular flexibility index (Phi) is 3.70. The predicted octanol–water partition coefficient (Wildman–Crippen LogP) is 2.79. The molecular weight excluding hydrogens is 264 g/mol. The van der Waals surface area contributed by atoms with Gasteiger partial charge in [-0.15, -0.1) is 0 Å². The lowest BCUT2D eigenvalue weighted by atomic mass is 10.1. The van der Waals surface area contributed by atoms with Crippen molar-refractivity contribution >= 4 is 0 Å². The minimum Gasteiger partial charge on any atom is -0.334 e. The topological polar surface area (TPSA) is 75.6 Å². The summed E-state index contributed by atoms with van der Waals surface area (Å²) in [7, 11) is 0. The van der Waals surface area contributed by atoms with Crippen LogP contribution in [0.5, 0.6) is 0 Å². The zero-order valence-corrected chi connectivity index (χ0v) is 11.2. The molecule has 0 bridgehead atoms. The van der Waals surface area contributed by atoms with E-state index in [1.165, 1.54) is 0 Å². The molecule has 3 rings (SSSR count). The standard InChI is InChI=1S/C16H12N4O/c17-8-7-13-5-1-2-6-14(13)16-19-15(20-21-16)10-12-4-3-9-18-11-12/h1-6,9,11H,7,10H2. The molecule has 0 N–H and O–H groups in total. The number of hydrogen-bond donors (Lipinski definition) is 0. The average Bonchev–Trinajstić information content (AvgIpc) is 2.97. The zero-order valence-electron chi connectivity index (χ0n) is 11.2. The number of aromatic nitrogens is 3. The van der Waals surface area contributed by atoms with Gasteiger partial charge in [-0.1, -0.05) is 29.4 Å². The average molecular weight is 276 g/mol. The summed E-state index contributed by atoms with van der Waals surface area (Å²) in [6.07, 6.45) is 4.39. The Morgan fingerprint density at radius 3 is 2.86 bits per heavy atom. The smallest absolute Gasteiger partial charge is 0.258 e. The molecule has 0 atom stereocenters. The lowest BCUT2D eigenvalue weighted by Crippen LogP contribution is -1.92. The van der Waals surface area contributed by atoms with Gasteiger partial charge < -0.3 is 4.52 Å². The van der Waals surface area contributed by atoms with E-state index >= 15 is 0 Å². The van der Waals surface area contributed by atoms with Crippen molar-refractivity contribution in [2.24, 2.45) is 0 Å². The molecule has 0 aliphatic rings. The highest BCUT2D eigenvalue weighted by atomic mass is 16.5. The van der Waals surface area contributed by atoms with Crippen LogP contribution in [0.15, 0.2) is 53.3 Å². The second kappa shape index (κ2) is 5.97. The fraction of sp³-hybridized carbons (Fsp3) is 0.125. The van der Waals surface area contributed by atoms with Gasteiger partial charge in [0.2, 0.25) is 0 Å². The second-order valence-corrected chi connectivity index (χ2v) is 4.55. The molecule has 2 aromatic heterocycles. The summed E-state index contributed by atoms with van der Waals surface area (Å²) in [4.78, 5) is 8.47. The highest BCUT2D eigenvalue weighted by Crippen LogP contribution is 2.22. The van der Waals surface area contributed by atoms with Crippen molar-refractivity contribution in [1.82, 2.24) is 15.1 Å². The number of hydrogen-bond acceptors (Lipinski definition) is 5. The first-order valence-electron chi connectivity index (χ1n) is 6.53. The quantitative estimate of drug-likeness (QED) is 0.732. The maximum Gasteiger partial charge on any atom is 0.258 e. The van der Waals surface area contributed by atoms with E-state index in [0.717, 1.165) is 16.7 Å². The molecule has 0 aliphatic carbocycles. The lowest BCUT2D eigenvalue weighted by Gasteiger charge is -2.00. The van der Waals surface area contributed by atoms with Gasteiger partial charge in [-0.3, -0.25) is 4.98 Å². The summed E-state index contributed by atoms with van der Waals surface area (Å²) in [5.74, 6) is 1.05. The molecule has 0 fully saturated rings. The first-order chi connectivity index (χ1) is 10.4. The fourth-order valence-electron chi connectivity index (χ4n) is 2.09. The molecule has 1 aromatic carbocycles. The molecule has 3 aromatic rings. The van der Waals surface area contributed by atoms with Crippen molar-refractivity contribution in [1.29, 1.82) is 5.26 Å². The Morgan fingerprint density at radius 2 is 2.05 bits per heavy atom. The molecule has 0 spiro atoms. The van der Waals surface area contributed by atoms with Gasteiger partial charge in [-0.05, 0) is 23.3 Å². The van der Waals surface area contributed by atoms with Crippen LogP contribution < -0.4 is 0 Å². The van der Waals surface area contributed by atoms with Crippen LogP contribution >= 0.6 is 0 Å². The number of nitriles is 1. The number of rotatable bonds is 4. The molecule has 5 nitrogen and oxygen atoms in total. The van der Waals surface area contributed by atoms with E-state index in [1.54, 1.807) is 12.4 Å². The molecular formula is C16H12N4O. The van der Waals surface area contributed by atoms with E-state index in [2.05, 4.69) is 21.2 Å². The van der Waals surface area contributed by atoms with Crippen LogP contribution in [-0.2, 0) is 12.8 Å². The lowest BCUT2D eigenvalue weighted by molar-refractivity contribution is 0.423. The van der Waals surface area contributed by atoms with Gasteiger partial charge in [0.05, 0.1) is 12.5 Å². The van der Waals surface area contributed by atoms with E-state index in [0.29, 0.717) is 24.6 Å². The Hall–Kier alpha value is -3.00. The van der Waals surface area contributed by atoms with E-state index in [4.69, 9.17) is 9.78 Å². The van der Waals surface area contributed by atoms with Crippen molar-refractivity contribution in [3.05, 3.63) is 65.7 Å². The first-order valence-corrected chi connectivity index (χ1v) is 6.53. The van der Waals surface area contributed by atoms with Gasteiger partial charge in [0, 0.05) is 24.4 Å². The van der Waals surface area contributed by atoms with E-state index in [-0.39, 0.29) is 0 Å². The van der Waals surface area contributed by atoms with Crippen LogP contribution in [0.2, 0.25) is 0 Å². The Morgan fingerprint density at radius 1 is 1.14 bits per heavy atom. The van der Waals surface area contributed by atoms with Crippen LogP contribution in [0.1, 0.15) is 17.0 Å². The number of nitrogens with zero attached hydrogens (tertiary/aromatic N) is 4. The predicted molar refractivity (Wildman–Crippen MR) is 76.1 cm³/mol. The van der Waals surface area contributed by atoms with Crippen molar-refractivity contribution < 1.29 is 4.52 Å². The van der Waals surface area contributed by atoms with Crippen LogP contribution in [0.3, 0.4) is 0 Å². The van der Waals surface area contributed by atoms with Crippen LogP contribution in [0, 0.1) is 11.3 Å². The third-order valence-corrected chi connectivity index (χ3v) is 3.07. The van der Waals surface area contributed by atoms with Crippen LogP contribution in [-0.4, -0.2) is 15.1 Å². The molecule has 0 amide bonds. The highest BCUT2D eigenvalue weighted by Gasteiger charge is 2.12. The zero-order chi connectivity index (χ0) is 14.5. The summed E-state index contributed by atoms with van der Waals surface area (Å²) in [5, 5.41) is 12.9. The minimum absolute atomic E-state index is 0.316. The van der Waals surface area contributed by atoms with E-state index in [9.17, 15) is 0 Å². The molecule has 0 saturated heterocycles. The van der Waals surface area contributed by atoms with E-state index in [1.807, 2.05) is 36.4 Å². The van der Waals surface area contributed by atoms with Crippen molar-refractivity contribution in [2.45, 2.75) is 12.8 Å². The Bertz CT molecular complexity index is 774. The minimum atomic E-state index is 0.316. The normalized spacial score (nSPS) is 10.2. The maximum absolute atomic E-state index is 8.87. The largest absolute Gasteiger partial charge is 0.334 e. The number of pyridine rings is 1. The van der Waals surface area contributed by atoms with Crippen LogP contribution in [0.25, 0.3) is 11.5 Å². The summed E-state index contributed by atoms with van der Waals surface area (Å²) >= 11 is 0. The van der Waals surface area contributed by atoms with Gasteiger partial charge in [-0.25, -0.2) is 0 Å². The van der Waals surface area contributed by atoms with Crippen molar-refractivity contribution in [3.8, 4) is 17.5 Å². The molecule has 0 aliphatic heterocycles.